The topological polar surface area (TPSA) is 17.1 Å². The second-order valence-electron chi connectivity index (χ2n) is 2.05. The van der Waals surface area contributed by atoms with Crippen molar-refractivity contribution < 1.29 is 4.21 Å². The summed E-state index contributed by atoms with van der Waals surface area (Å²) in [6.45, 7) is 4.12. The van der Waals surface area contributed by atoms with Crippen LogP contribution in [0.15, 0.2) is 0 Å². The van der Waals surface area contributed by atoms with Crippen molar-refractivity contribution in [1.82, 2.24) is 0 Å². The first kappa shape index (κ1) is 8.02. The Morgan fingerprint density at radius 1 is 1.62 bits per heavy atom. The van der Waals surface area contributed by atoms with Crippen LogP contribution in [0, 0.1) is 0 Å². The molecule has 0 rings (SSSR count). The second-order valence-corrected chi connectivity index (χ2v) is 3.05. The highest BCUT2D eigenvalue weighted by Crippen LogP contribution is 1.99. The lowest BCUT2D eigenvalue weighted by Gasteiger charge is -1.87. The van der Waals surface area contributed by atoms with E-state index >= 15 is 0 Å². The van der Waals surface area contributed by atoms with Crippen LogP contribution < -0.4 is 0 Å². The SMILES string of the molecule is CCCCC(C)[S+]=O. The highest BCUT2D eigenvalue weighted by Gasteiger charge is 2.11. The van der Waals surface area contributed by atoms with Gasteiger partial charge in [-0.25, -0.2) is 0 Å². The number of unbranched alkanes of at least 4 members (excludes halogenated alkanes) is 1. The second kappa shape index (κ2) is 5.16. The van der Waals surface area contributed by atoms with Gasteiger partial charge < -0.3 is 0 Å². The molecule has 0 aromatic rings. The van der Waals surface area contributed by atoms with Crippen LogP contribution >= 0.6 is 0 Å². The summed E-state index contributed by atoms with van der Waals surface area (Å²) in [6.07, 6.45) is 3.46. The molecule has 2 heteroatoms. The van der Waals surface area contributed by atoms with E-state index in [9.17, 15) is 4.21 Å². The van der Waals surface area contributed by atoms with Crippen molar-refractivity contribution in [3.8, 4) is 0 Å². The van der Waals surface area contributed by atoms with Gasteiger partial charge >= 0.3 is 11.7 Å². The standard InChI is InChI=1S/C6H13OS/c1-3-4-5-6(2)8-7/h6H,3-5H2,1-2H3/q+1. The first-order valence-corrected chi connectivity index (χ1v) is 3.90. The molecule has 0 aliphatic carbocycles. The molecule has 8 heavy (non-hydrogen) atoms. The summed E-state index contributed by atoms with van der Waals surface area (Å²) in [5.41, 5.74) is 0. The van der Waals surface area contributed by atoms with Crippen molar-refractivity contribution in [3.05, 3.63) is 0 Å². The maximum Gasteiger partial charge on any atom is 0.461 e. The Kier molecular flexibility index (Phi) is 5.18. The Bertz CT molecular complexity index is 63.5. The van der Waals surface area contributed by atoms with Crippen molar-refractivity contribution in [2.75, 3.05) is 0 Å². The third-order valence-corrected chi connectivity index (χ3v) is 1.69. The van der Waals surface area contributed by atoms with E-state index in [4.69, 9.17) is 0 Å². The van der Waals surface area contributed by atoms with E-state index in [0.717, 1.165) is 6.42 Å². The molecule has 0 aliphatic rings. The smallest absolute Gasteiger partial charge is 0.0654 e. The van der Waals surface area contributed by atoms with Crippen LogP contribution in [0.2, 0.25) is 0 Å². The minimum atomic E-state index is 0.315. The van der Waals surface area contributed by atoms with Gasteiger partial charge in [0.1, 0.15) is 0 Å². The van der Waals surface area contributed by atoms with E-state index in [2.05, 4.69) is 6.92 Å². The van der Waals surface area contributed by atoms with Gasteiger partial charge in [-0.1, -0.05) is 13.3 Å². The predicted octanol–water partition coefficient (Wildman–Crippen LogP) is 1.99. The summed E-state index contributed by atoms with van der Waals surface area (Å²) in [5, 5.41) is 0.315. The number of rotatable bonds is 4. The summed E-state index contributed by atoms with van der Waals surface area (Å²) in [6, 6.07) is 0. The van der Waals surface area contributed by atoms with E-state index in [-0.39, 0.29) is 0 Å². The molecule has 0 radical (unpaired) electrons. The minimum Gasteiger partial charge on any atom is -0.0654 e. The molecule has 0 aliphatic heterocycles. The quantitative estimate of drug-likeness (QED) is 0.536. The van der Waals surface area contributed by atoms with Crippen LogP contribution in [-0.2, 0) is 15.9 Å². The van der Waals surface area contributed by atoms with Crippen molar-refractivity contribution in [1.29, 1.82) is 0 Å². The third kappa shape index (κ3) is 4.19. The maximum atomic E-state index is 10.1. The summed E-state index contributed by atoms with van der Waals surface area (Å²) in [4.78, 5) is 0. The summed E-state index contributed by atoms with van der Waals surface area (Å²) >= 11 is 0.715. The number of hydrogen-bond acceptors (Lipinski definition) is 1. The molecule has 0 saturated carbocycles. The highest BCUT2D eigenvalue weighted by molar-refractivity contribution is 7.66. The molecule has 0 bridgehead atoms. The van der Waals surface area contributed by atoms with Gasteiger partial charge in [0.25, 0.3) is 0 Å². The normalized spacial score (nSPS) is 13.2. The monoisotopic (exact) mass is 133 g/mol. The average Bonchev–Trinajstić information content (AvgIpc) is 1.83. The van der Waals surface area contributed by atoms with E-state index < -0.39 is 0 Å². The average molecular weight is 133 g/mol. The molecule has 1 atom stereocenters. The molecule has 0 aromatic heterocycles. The molecule has 1 unspecified atom stereocenters. The van der Waals surface area contributed by atoms with Crippen LogP contribution in [0.5, 0.6) is 0 Å². The zero-order chi connectivity index (χ0) is 6.41. The molecular formula is C6H13OS+. The van der Waals surface area contributed by atoms with Crippen LogP contribution in [0.3, 0.4) is 0 Å². The molecule has 0 heterocycles. The van der Waals surface area contributed by atoms with Gasteiger partial charge in [-0.3, -0.25) is 0 Å². The van der Waals surface area contributed by atoms with E-state index in [1.54, 1.807) is 0 Å². The van der Waals surface area contributed by atoms with Gasteiger partial charge in [0.15, 0.2) is 0 Å². The maximum absolute atomic E-state index is 10.1. The fraction of sp³-hybridized carbons (Fsp3) is 1.00. The third-order valence-electron chi connectivity index (χ3n) is 1.13. The summed E-state index contributed by atoms with van der Waals surface area (Å²) in [5.74, 6) is 0. The molecular weight excluding hydrogens is 120 g/mol. The zero-order valence-corrected chi connectivity index (χ0v) is 6.33. The summed E-state index contributed by atoms with van der Waals surface area (Å²) in [7, 11) is 0. The number of hydrogen-bond donors (Lipinski definition) is 0. The van der Waals surface area contributed by atoms with E-state index in [1.807, 2.05) is 6.92 Å². The molecule has 0 saturated heterocycles. The van der Waals surface area contributed by atoms with Gasteiger partial charge in [-0.2, -0.15) is 0 Å². The fourth-order valence-corrected chi connectivity index (χ4v) is 0.803. The molecule has 48 valence electrons. The van der Waals surface area contributed by atoms with Crippen LogP contribution in [0.4, 0.5) is 0 Å². The van der Waals surface area contributed by atoms with Crippen LogP contribution in [-0.4, -0.2) is 5.25 Å². The Balaban J connectivity index is 2.98. The van der Waals surface area contributed by atoms with Gasteiger partial charge in [-0.05, 0) is 13.3 Å². The Morgan fingerprint density at radius 3 is 2.62 bits per heavy atom. The lowest BCUT2D eigenvalue weighted by molar-refractivity contribution is 0.592. The fourth-order valence-electron chi connectivity index (χ4n) is 0.540. The molecule has 0 amide bonds. The van der Waals surface area contributed by atoms with Gasteiger partial charge in [-0.15, -0.1) is 0 Å². The molecule has 1 nitrogen and oxygen atoms in total. The summed E-state index contributed by atoms with van der Waals surface area (Å²) < 4.78 is 10.1. The van der Waals surface area contributed by atoms with Crippen molar-refractivity contribution >= 4 is 11.7 Å². The largest absolute Gasteiger partial charge is 0.461 e. The highest BCUT2D eigenvalue weighted by atomic mass is 32.1. The van der Waals surface area contributed by atoms with Crippen LogP contribution in [0.1, 0.15) is 33.1 Å². The van der Waals surface area contributed by atoms with E-state index in [0.29, 0.717) is 16.9 Å². The van der Waals surface area contributed by atoms with Gasteiger partial charge in [0.2, 0.25) is 5.25 Å². The first-order valence-electron chi connectivity index (χ1n) is 3.10. The van der Waals surface area contributed by atoms with Crippen LogP contribution in [0.25, 0.3) is 0 Å². The van der Waals surface area contributed by atoms with Crippen molar-refractivity contribution in [2.45, 2.75) is 38.4 Å². The lowest BCUT2D eigenvalue weighted by atomic mass is 10.2. The van der Waals surface area contributed by atoms with Gasteiger partial charge in [0.05, 0.1) is 0 Å². The minimum absolute atomic E-state index is 0.315. The predicted molar refractivity (Wildman–Crippen MR) is 37.0 cm³/mol. The lowest BCUT2D eigenvalue weighted by Crippen LogP contribution is -1.96. The van der Waals surface area contributed by atoms with Crippen molar-refractivity contribution in [3.63, 3.8) is 0 Å². The Labute approximate surface area is 55.0 Å². The van der Waals surface area contributed by atoms with E-state index in [1.165, 1.54) is 12.8 Å². The van der Waals surface area contributed by atoms with Crippen molar-refractivity contribution in [2.24, 2.45) is 0 Å². The molecule has 0 spiro atoms. The zero-order valence-electron chi connectivity index (χ0n) is 5.52. The first-order chi connectivity index (χ1) is 3.81. The molecule has 0 N–H and O–H groups in total. The Hall–Kier alpha value is 0.0200. The Morgan fingerprint density at radius 2 is 2.25 bits per heavy atom. The molecule has 0 fully saturated rings. The molecule has 0 aromatic carbocycles. The van der Waals surface area contributed by atoms with Gasteiger partial charge in [0, 0.05) is 10.6 Å².